The maximum atomic E-state index is 14.1. The van der Waals surface area contributed by atoms with Crippen LogP contribution in [-0.4, -0.2) is 16.9 Å². The maximum Gasteiger partial charge on any atom is 0.340 e. The number of hydrogen-bond donors (Lipinski definition) is 0. The first kappa shape index (κ1) is 21.2. The lowest BCUT2D eigenvalue weighted by Gasteiger charge is -2.18. The smallest absolute Gasteiger partial charge is 0.340 e. The number of halogens is 4. The standard InChI is InChI=1S/C19H12Cl2F2N2O3S/c1-10(26)25(17-5-3-2-4-15(17)22)19-24-11(9-29-19)8-28-18(27)12-6-16(23)14(21)7-13(12)20/h2-7,9H,8H2,1H3. The van der Waals surface area contributed by atoms with Crippen LogP contribution in [0.15, 0.2) is 41.8 Å². The molecule has 1 aromatic heterocycles. The first-order valence-electron chi connectivity index (χ1n) is 8.09. The number of benzene rings is 2. The summed E-state index contributed by atoms with van der Waals surface area (Å²) in [6, 6.07) is 7.78. The predicted molar refractivity (Wildman–Crippen MR) is 107 cm³/mol. The zero-order chi connectivity index (χ0) is 21.1. The van der Waals surface area contributed by atoms with Gasteiger partial charge >= 0.3 is 5.97 Å². The quantitative estimate of drug-likeness (QED) is 0.361. The van der Waals surface area contributed by atoms with Gasteiger partial charge in [0.1, 0.15) is 18.2 Å². The summed E-state index contributed by atoms with van der Waals surface area (Å²) in [5.74, 6) is -2.68. The van der Waals surface area contributed by atoms with Crippen LogP contribution in [0.5, 0.6) is 0 Å². The number of anilines is 2. The largest absolute Gasteiger partial charge is 0.456 e. The number of rotatable bonds is 5. The van der Waals surface area contributed by atoms with Crippen LogP contribution in [0.4, 0.5) is 19.6 Å². The monoisotopic (exact) mass is 456 g/mol. The van der Waals surface area contributed by atoms with E-state index in [1.54, 1.807) is 11.4 Å². The van der Waals surface area contributed by atoms with E-state index >= 15 is 0 Å². The van der Waals surface area contributed by atoms with E-state index in [2.05, 4.69) is 4.98 Å². The van der Waals surface area contributed by atoms with E-state index in [1.807, 2.05) is 0 Å². The minimum atomic E-state index is -0.863. The molecule has 0 N–H and O–H groups in total. The molecule has 1 amide bonds. The molecule has 3 rings (SSSR count). The van der Waals surface area contributed by atoms with Crippen molar-refractivity contribution in [3.63, 3.8) is 0 Å². The highest BCUT2D eigenvalue weighted by Crippen LogP contribution is 2.31. The third-order valence-corrected chi connectivity index (χ3v) is 5.20. The van der Waals surface area contributed by atoms with Crippen molar-refractivity contribution in [1.29, 1.82) is 0 Å². The fraction of sp³-hybridized carbons (Fsp3) is 0.105. The van der Waals surface area contributed by atoms with Gasteiger partial charge in [-0.25, -0.2) is 18.6 Å². The molecule has 29 heavy (non-hydrogen) atoms. The van der Waals surface area contributed by atoms with Crippen molar-refractivity contribution in [1.82, 2.24) is 4.98 Å². The predicted octanol–water partition coefficient (Wildman–Crippen LogP) is 5.77. The van der Waals surface area contributed by atoms with Gasteiger partial charge in [0.05, 0.1) is 27.0 Å². The van der Waals surface area contributed by atoms with Crippen molar-refractivity contribution in [2.24, 2.45) is 0 Å². The molecule has 3 aromatic rings. The number of amides is 1. The van der Waals surface area contributed by atoms with Crippen LogP contribution < -0.4 is 4.90 Å². The number of hydrogen-bond acceptors (Lipinski definition) is 5. The SMILES string of the molecule is CC(=O)N(c1nc(COC(=O)c2cc(F)c(Cl)cc2Cl)cs1)c1ccccc1F. The number of aromatic nitrogens is 1. The van der Waals surface area contributed by atoms with E-state index in [0.29, 0.717) is 5.69 Å². The number of esters is 1. The van der Waals surface area contributed by atoms with Crippen molar-refractivity contribution in [2.75, 3.05) is 4.90 Å². The van der Waals surface area contributed by atoms with Crippen molar-refractivity contribution in [2.45, 2.75) is 13.5 Å². The van der Waals surface area contributed by atoms with E-state index < -0.39 is 23.5 Å². The summed E-state index contributed by atoms with van der Waals surface area (Å²) in [4.78, 5) is 29.5. The van der Waals surface area contributed by atoms with Gasteiger partial charge in [0.25, 0.3) is 0 Å². The van der Waals surface area contributed by atoms with E-state index in [0.717, 1.165) is 28.4 Å². The molecule has 150 valence electrons. The molecule has 0 atom stereocenters. The Morgan fingerprint density at radius 1 is 1.14 bits per heavy atom. The van der Waals surface area contributed by atoms with Gasteiger partial charge in [-0.05, 0) is 24.3 Å². The molecule has 1 heterocycles. The van der Waals surface area contributed by atoms with Crippen LogP contribution in [0, 0.1) is 11.6 Å². The number of nitrogens with zero attached hydrogens (tertiary/aromatic N) is 2. The molecular weight excluding hydrogens is 445 g/mol. The average molecular weight is 457 g/mol. The summed E-state index contributed by atoms with van der Waals surface area (Å²) in [5, 5.41) is 1.50. The van der Waals surface area contributed by atoms with E-state index in [-0.39, 0.29) is 33.0 Å². The van der Waals surface area contributed by atoms with Crippen LogP contribution in [0.3, 0.4) is 0 Å². The minimum Gasteiger partial charge on any atom is -0.456 e. The maximum absolute atomic E-state index is 14.1. The Morgan fingerprint density at radius 2 is 1.86 bits per heavy atom. The average Bonchev–Trinajstić information content (AvgIpc) is 3.12. The molecule has 0 aliphatic heterocycles. The molecule has 0 saturated carbocycles. The van der Waals surface area contributed by atoms with Crippen molar-refractivity contribution in [3.8, 4) is 0 Å². The lowest BCUT2D eigenvalue weighted by molar-refractivity contribution is -0.115. The molecule has 0 radical (unpaired) electrons. The van der Waals surface area contributed by atoms with Gasteiger partial charge < -0.3 is 4.74 Å². The molecule has 2 aromatic carbocycles. The molecule has 0 spiro atoms. The summed E-state index contributed by atoms with van der Waals surface area (Å²) in [7, 11) is 0. The van der Waals surface area contributed by atoms with Gasteiger partial charge in [0.15, 0.2) is 5.13 Å². The Balaban J connectivity index is 1.76. The Bertz CT molecular complexity index is 1090. The fourth-order valence-electron chi connectivity index (χ4n) is 2.40. The highest BCUT2D eigenvalue weighted by Gasteiger charge is 2.21. The number of thiazole rings is 1. The third-order valence-electron chi connectivity index (χ3n) is 3.72. The molecule has 0 bridgehead atoms. The first-order chi connectivity index (χ1) is 13.8. The second kappa shape index (κ2) is 8.86. The fourth-order valence-corrected chi connectivity index (χ4v) is 3.73. The normalized spacial score (nSPS) is 10.7. The van der Waals surface area contributed by atoms with Crippen molar-refractivity contribution < 1.29 is 23.1 Å². The highest BCUT2D eigenvalue weighted by molar-refractivity contribution is 7.14. The van der Waals surface area contributed by atoms with E-state index in [4.69, 9.17) is 27.9 Å². The molecule has 0 aliphatic rings. The molecule has 10 heteroatoms. The minimum absolute atomic E-state index is 0.0531. The number of para-hydroxylation sites is 1. The second-order valence-corrected chi connectivity index (χ2v) is 7.40. The summed E-state index contributed by atoms with van der Waals surface area (Å²) >= 11 is 12.6. The van der Waals surface area contributed by atoms with Gasteiger partial charge in [-0.2, -0.15) is 0 Å². The Kier molecular flexibility index (Phi) is 6.46. The van der Waals surface area contributed by atoms with E-state index in [1.165, 1.54) is 25.1 Å². The van der Waals surface area contributed by atoms with Crippen LogP contribution in [0.25, 0.3) is 0 Å². The molecule has 0 saturated heterocycles. The van der Waals surface area contributed by atoms with Crippen LogP contribution >= 0.6 is 34.5 Å². The van der Waals surface area contributed by atoms with Crippen LogP contribution in [-0.2, 0) is 16.1 Å². The summed E-state index contributed by atoms with van der Waals surface area (Å²) in [6.07, 6.45) is 0. The van der Waals surface area contributed by atoms with E-state index in [9.17, 15) is 18.4 Å². The second-order valence-electron chi connectivity index (χ2n) is 5.75. The molecule has 5 nitrogen and oxygen atoms in total. The Labute approximate surface area is 178 Å². The van der Waals surface area contributed by atoms with Gasteiger partial charge in [-0.1, -0.05) is 35.3 Å². The number of ether oxygens (including phenoxy) is 1. The van der Waals surface area contributed by atoms with Crippen molar-refractivity contribution >= 4 is 57.2 Å². The lowest BCUT2D eigenvalue weighted by atomic mass is 10.2. The number of carbonyl (C=O) groups is 2. The molecular formula is C19H12Cl2F2N2O3S. The Morgan fingerprint density at radius 3 is 2.55 bits per heavy atom. The Hall–Kier alpha value is -2.55. The van der Waals surface area contributed by atoms with Crippen LogP contribution in [0.1, 0.15) is 23.0 Å². The zero-order valence-electron chi connectivity index (χ0n) is 14.8. The van der Waals surface area contributed by atoms with Crippen molar-refractivity contribution in [3.05, 3.63) is 74.7 Å². The summed E-state index contributed by atoms with van der Waals surface area (Å²) in [6.45, 7) is 1.03. The first-order valence-corrected chi connectivity index (χ1v) is 9.72. The number of carbonyl (C=O) groups excluding carboxylic acids is 2. The zero-order valence-corrected chi connectivity index (χ0v) is 17.1. The molecule has 0 aliphatic carbocycles. The highest BCUT2D eigenvalue weighted by atomic mass is 35.5. The summed E-state index contributed by atoms with van der Waals surface area (Å²) in [5.41, 5.74) is 0.202. The van der Waals surface area contributed by atoms with Gasteiger partial charge in [-0.15, -0.1) is 11.3 Å². The summed E-state index contributed by atoms with van der Waals surface area (Å²) < 4.78 is 32.8. The van der Waals surface area contributed by atoms with Gasteiger partial charge in [-0.3, -0.25) is 9.69 Å². The third kappa shape index (κ3) is 4.72. The lowest BCUT2D eigenvalue weighted by Crippen LogP contribution is -2.23. The van der Waals surface area contributed by atoms with Gasteiger partial charge in [0.2, 0.25) is 5.91 Å². The molecule has 0 fully saturated rings. The van der Waals surface area contributed by atoms with Crippen LogP contribution in [0.2, 0.25) is 10.0 Å². The topological polar surface area (TPSA) is 59.5 Å². The molecule has 0 unspecified atom stereocenters. The van der Waals surface area contributed by atoms with Gasteiger partial charge in [0, 0.05) is 12.3 Å².